The maximum Gasteiger partial charge on any atom is 0.306 e. The second kappa shape index (κ2) is 10.1. The van der Waals surface area contributed by atoms with Gasteiger partial charge in [-0.3, -0.25) is 4.79 Å². The van der Waals surface area contributed by atoms with Gasteiger partial charge in [-0.1, -0.05) is 18.2 Å². The largest absolute Gasteiger partial charge is 0.496 e. The lowest BCUT2D eigenvalue weighted by Crippen LogP contribution is -2.20. The van der Waals surface area contributed by atoms with Crippen LogP contribution in [0.3, 0.4) is 0 Å². The highest BCUT2D eigenvalue weighted by Crippen LogP contribution is 2.42. The number of carboxylic acids is 1. The highest BCUT2D eigenvalue weighted by atomic mass is 19.3. The SMILES string of the molecule is COc1cc2nc(C)nc(N[C@H](C)c3cccc(C(F)F)c3C)c2cc1C1CCC(C(=O)O)CC1. The number of halogens is 2. The van der Waals surface area contributed by atoms with Crippen molar-refractivity contribution >= 4 is 22.7 Å². The normalized spacial score (nSPS) is 19.1. The average Bonchev–Trinajstić information content (AvgIpc) is 2.83. The summed E-state index contributed by atoms with van der Waals surface area (Å²) in [6, 6.07) is 8.64. The molecule has 2 N–H and O–H groups in total. The molecule has 35 heavy (non-hydrogen) atoms. The Morgan fingerprint density at radius 1 is 1.11 bits per heavy atom. The number of hydrogen-bond donors (Lipinski definition) is 2. The van der Waals surface area contributed by atoms with Crippen molar-refractivity contribution in [1.29, 1.82) is 0 Å². The number of carboxylic acid groups (broad SMARTS) is 1. The smallest absolute Gasteiger partial charge is 0.306 e. The molecule has 1 atom stereocenters. The summed E-state index contributed by atoms with van der Waals surface area (Å²) in [5, 5.41) is 13.6. The summed E-state index contributed by atoms with van der Waals surface area (Å²) in [5.74, 6) is 1.10. The standard InChI is InChI=1S/C27H31F2N3O3/c1-14-19(6-5-7-20(14)25(28)29)15(2)30-26-22-12-21(17-8-10-18(11-9-17)27(33)34)24(35-4)13-23(22)31-16(3)32-26/h5-7,12-13,15,17-18,25H,8-11H2,1-4H3,(H,33,34)(H,30,31,32)/t15-,17?,18?/m1/s1. The van der Waals surface area contributed by atoms with Crippen molar-refractivity contribution in [3.8, 4) is 5.75 Å². The Labute approximate surface area is 203 Å². The van der Waals surface area contributed by atoms with Gasteiger partial charge in [-0.15, -0.1) is 0 Å². The van der Waals surface area contributed by atoms with Crippen molar-refractivity contribution in [1.82, 2.24) is 9.97 Å². The molecule has 1 aliphatic rings. The van der Waals surface area contributed by atoms with E-state index in [1.54, 1.807) is 20.1 Å². The molecular formula is C27H31F2N3O3. The maximum absolute atomic E-state index is 13.4. The van der Waals surface area contributed by atoms with Gasteiger partial charge in [0.15, 0.2) is 0 Å². The second-order valence-electron chi connectivity index (χ2n) is 9.35. The molecule has 1 aliphatic carbocycles. The quantitative estimate of drug-likeness (QED) is 0.388. The van der Waals surface area contributed by atoms with E-state index in [0.29, 0.717) is 30.0 Å². The van der Waals surface area contributed by atoms with Crippen LogP contribution in [0.25, 0.3) is 10.9 Å². The lowest BCUT2D eigenvalue weighted by Gasteiger charge is -2.28. The first kappa shape index (κ1) is 24.8. The molecule has 0 radical (unpaired) electrons. The van der Waals surface area contributed by atoms with Crippen LogP contribution in [-0.4, -0.2) is 28.2 Å². The van der Waals surface area contributed by atoms with E-state index >= 15 is 0 Å². The number of hydrogen-bond acceptors (Lipinski definition) is 5. The second-order valence-corrected chi connectivity index (χ2v) is 9.35. The minimum absolute atomic E-state index is 0.0314. The van der Waals surface area contributed by atoms with Crippen LogP contribution < -0.4 is 10.1 Å². The third kappa shape index (κ3) is 5.06. The molecule has 186 valence electrons. The number of alkyl halides is 2. The van der Waals surface area contributed by atoms with Gasteiger partial charge >= 0.3 is 5.97 Å². The van der Waals surface area contributed by atoms with Gasteiger partial charge in [0.2, 0.25) is 0 Å². The number of fused-ring (bicyclic) bond motifs is 1. The summed E-state index contributed by atoms with van der Waals surface area (Å²) in [7, 11) is 1.63. The number of benzene rings is 2. The van der Waals surface area contributed by atoms with Crippen LogP contribution in [0.5, 0.6) is 5.75 Å². The first-order valence-electron chi connectivity index (χ1n) is 11.9. The number of nitrogens with zero attached hydrogens (tertiary/aromatic N) is 2. The molecule has 2 aromatic carbocycles. The molecule has 1 aromatic heterocycles. The Bertz CT molecular complexity index is 1240. The zero-order valence-electron chi connectivity index (χ0n) is 20.4. The summed E-state index contributed by atoms with van der Waals surface area (Å²) in [4.78, 5) is 20.6. The monoisotopic (exact) mass is 483 g/mol. The van der Waals surface area contributed by atoms with Gasteiger partial charge in [0, 0.05) is 17.0 Å². The summed E-state index contributed by atoms with van der Waals surface area (Å²) >= 11 is 0. The van der Waals surface area contributed by atoms with E-state index in [1.807, 2.05) is 32.0 Å². The first-order valence-corrected chi connectivity index (χ1v) is 11.9. The molecule has 3 aromatic rings. The van der Waals surface area contributed by atoms with Gasteiger partial charge < -0.3 is 15.2 Å². The van der Waals surface area contributed by atoms with Crippen LogP contribution in [0.15, 0.2) is 30.3 Å². The lowest BCUT2D eigenvalue weighted by molar-refractivity contribution is -0.142. The van der Waals surface area contributed by atoms with E-state index in [0.717, 1.165) is 40.6 Å². The molecule has 0 bridgehead atoms. The number of anilines is 1. The number of rotatable bonds is 7. The predicted octanol–water partition coefficient (Wildman–Crippen LogP) is 6.72. The molecule has 1 saturated carbocycles. The van der Waals surface area contributed by atoms with E-state index < -0.39 is 12.4 Å². The summed E-state index contributed by atoms with van der Waals surface area (Å²) < 4.78 is 32.6. The Kier molecular flexibility index (Phi) is 7.19. The van der Waals surface area contributed by atoms with Crippen LogP contribution >= 0.6 is 0 Å². The molecular weight excluding hydrogens is 452 g/mol. The van der Waals surface area contributed by atoms with Gasteiger partial charge in [-0.2, -0.15) is 0 Å². The van der Waals surface area contributed by atoms with Crippen molar-refractivity contribution in [2.45, 2.75) is 64.8 Å². The molecule has 1 fully saturated rings. The number of carbonyl (C=O) groups is 1. The number of aromatic nitrogens is 2. The molecule has 0 spiro atoms. The van der Waals surface area contributed by atoms with Crippen molar-refractivity contribution in [3.63, 3.8) is 0 Å². The van der Waals surface area contributed by atoms with E-state index in [1.165, 1.54) is 6.07 Å². The molecule has 1 heterocycles. The van der Waals surface area contributed by atoms with Gasteiger partial charge in [-0.05, 0) is 75.1 Å². The highest BCUT2D eigenvalue weighted by Gasteiger charge is 2.29. The van der Waals surface area contributed by atoms with Crippen molar-refractivity contribution in [2.75, 3.05) is 12.4 Å². The average molecular weight is 484 g/mol. The molecule has 4 rings (SSSR count). The summed E-state index contributed by atoms with van der Waals surface area (Å²) in [6.07, 6.45) is 0.269. The number of methoxy groups -OCH3 is 1. The third-order valence-electron chi connectivity index (χ3n) is 7.15. The molecule has 8 heteroatoms. The van der Waals surface area contributed by atoms with Crippen molar-refractivity contribution in [3.05, 3.63) is 58.4 Å². The van der Waals surface area contributed by atoms with Crippen LogP contribution in [0.1, 0.15) is 79.1 Å². The van der Waals surface area contributed by atoms with Crippen LogP contribution in [0, 0.1) is 19.8 Å². The summed E-state index contributed by atoms with van der Waals surface area (Å²) in [5.41, 5.74) is 3.12. The minimum atomic E-state index is -2.53. The highest BCUT2D eigenvalue weighted by molar-refractivity contribution is 5.91. The predicted molar refractivity (Wildman–Crippen MR) is 131 cm³/mol. The fraction of sp³-hybridized carbons (Fsp3) is 0.444. The zero-order chi connectivity index (χ0) is 25.3. The van der Waals surface area contributed by atoms with Crippen LogP contribution in [0.4, 0.5) is 14.6 Å². The minimum Gasteiger partial charge on any atom is -0.496 e. The topological polar surface area (TPSA) is 84.3 Å². The first-order chi connectivity index (χ1) is 16.7. The van der Waals surface area contributed by atoms with E-state index in [9.17, 15) is 18.7 Å². The molecule has 0 unspecified atom stereocenters. The Morgan fingerprint density at radius 2 is 1.80 bits per heavy atom. The number of aryl methyl sites for hydroxylation is 1. The Morgan fingerprint density at radius 3 is 2.43 bits per heavy atom. The van der Waals surface area contributed by atoms with Crippen molar-refractivity contribution < 1.29 is 23.4 Å². The molecule has 0 amide bonds. The third-order valence-corrected chi connectivity index (χ3v) is 7.15. The molecule has 0 saturated heterocycles. The van der Waals surface area contributed by atoms with Gasteiger partial charge in [0.1, 0.15) is 17.4 Å². The maximum atomic E-state index is 13.4. The fourth-order valence-corrected chi connectivity index (χ4v) is 5.21. The number of nitrogens with one attached hydrogen (secondary N) is 1. The van der Waals surface area contributed by atoms with Gasteiger partial charge in [0.25, 0.3) is 6.43 Å². The van der Waals surface area contributed by atoms with E-state index in [2.05, 4.69) is 15.3 Å². The van der Waals surface area contributed by atoms with Gasteiger partial charge in [-0.25, -0.2) is 18.7 Å². The Balaban J connectivity index is 1.71. The number of ether oxygens (including phenoxy) is 1. The van der Waals surface area contributed by atoms with E-state index in [-0.39, 0.29) is 23.4 Å². The van der Waals surface area contributed by atoms with Crippen molar-refractivity contribution in [2.24, 2.45) is 5.92 Å². The molecule has 0 aliphatic heterocycles. The van der Waals surface area contributed by atoms with Crippen LogP contribution in [-0.2, 0) is 4.79 Å². The number of aliphatic carboxylic acids is 1. The van der Waals surface area contributed by atoms with E-state index in [4.69, 9.17) is 4.74 Å². The zero-order valence-corrected chi connectivity index (χ0v) is 20.4. The Hall–Kier alpha value is -3.29. The van der Waals surface area contributed by atoms with Gasteiger partial charge in [0.05, 0.1) is 24.6 Å². The fourth-order valence-electron chi connectivity index (χ4n) is 5.21. The molecule has 6 nitrogen and oxygen atoms in total. The summed E-state index contributed by atoms with van der Waals surface area (Å²) in [6.45, 7) is 5.46. The van der Waals surface area contributed by atoms with Crippen LogP contribution in [0.2, 0.25) is 0 Å². The lowest BCUT2D eigenvalue weighted by atomic mass is 9.78.